The number of benzene rings is 5. The third-order valence-corrected chi connectivity index (χ3v) is 11.3. The zero-order valence-electron chi connectivity index (χ0n) is 28.8. The molecule has 2 atom stereocenters. The third-order valence-electron chi connectivity index (χ3n) is 11.3. The molecule has 0 radical (unpaired) electrons. The van der Waals surface area contributed by atoms with Crippen molar-refractivity contribution >= 4 is 33.2 Å². The number of aromatic amines is 1. The molecule has 7 aromatic rings. The summed E-state index contributed by atoms with van der Waals surface area (Å²) in [6.07, 6.45) is 4.44. The number of ether oxygens (including phenoxy) is 1. The summed E-state index contributed by atoms with van der Waals surface area (Å²) in [5.74, 6) is 0.871. The van der Waals surface area contributed by atoms with Crippen LogP contribution in [-0.4, -0.2) is 9.55 Å². The van der Waals surface area contributed by atoms with Crippen LogP contribution in [0.4, 0.5) is 11.4 Å². The Morgan fingerprint density at radius 2 is 1.33 bits per heavy atom. The fraction of sp³-hybridized carbons (Fsp3) is 0.227. The number of rotatable bonds is 6. The predicted molar refractivity (Wildman–Crippen MR) is 203 cm³/mol. The summed E-state index contributed by atoms with van der Waals surface area (Å²) in [6, 6.07) is 39.7. The van der Waals surface area contributed by atoms with Gasteiger partial charge in [-0.2, -0.15) is 0 Å². The number of para-hydroxylation sites is 3. The first kappa shape index (κ1) is 29.7. The lowest BCUT2D eigenvalue weighted by molar-refractivity contribution is 0.309. The SMILES string of the molecule is Cn1cc(C2Nc3ccc(-c4ccc(COc5cccc6c(C7Nc8ccccc8C7(C)C)c[nH]c56)cc4)cc3C2(C)C)c2ccccc21. The minimum atomic E-state index is -0.0739. The maximum absolute atomic E-state index is 6.45. The molecule has 2 aromatic heterocycles. The van der Waals surface area contributed by atoms with Crippen molar-refractivity contribution in [2.24, 2.45) is 7.05 Å². The van der Waals surface area contributed by atoms with Gasteiger partial charge in [-0.3, -0.25) is 0 Å². The Morgan fingerprint density at radius 3 is 2.14 bits per heavy atom. The van der Waals surface area contributed by atoms with E-state index in [4.69, 9.17) is 4.74 Å². The van der Waals surface area contributed by atoms with Crippen molar-refractivity contribution in [3.63, 3.8) is 0 Å². The number of anilines is 2. The van der Waals surface area contributed by atoms with Gasteiger partial charge >= 0.3 is 0 Å². The van der Waals surface area contributed by atoms with Crippen LogP contribution in [0.5, 0.6) is 5.75 Å². The van der Waals surface area contributed by atoms with Crippen LogP contribution < -0.4 is 15.4 Å². The Morgan fingerprint density at radius 1 is 0.653 bits per heavy atom. The Balaban J connectivity index is 0.930. The fourth-order valence-corrected chi connectivity index (χ4v) is 8.53. The van der Waals surface area contributed by atoms with Crippen molar-refractivity contribution in [3.8, 4) is 16.9 Å². The average Bonchev–Trinajstić information content (AvgIpc) is 3.83. The quantitative estimate of drug-likeness (QED) is 0.169. The van der Waals surface area contributed by atoms with Crippen molar-refractivity contribution in [2.45, 2.75) is 57.2 Å². The largest absolute Gasteiger partial charge is 0.487 e. The van der Waals surface area contributed by atoms with E-state index in [1.165, 1.54) is 61.0 Å². The van der Waals surface area contributed by atoms with Gasteiger partial charge in [0.25, 0.3) is 0 Å². The molecule has 0 spiro atoms. The normalized spacial score (nSPS) is 18.6. The van der Waals surface area contributed by atoms with E-state index in [1.807, 2.05) is 0 Å². The molecule has 0 amide bonds. The average molecular weight is 643 g/mol. The maximum atomic E-state index is 6.45. The highest BCUT2D eigenvalue weighted by Gasteiger charge is 2.42. The number of hydrogen-bond acceptors (Lipinski definition) is 3. The van der Waals surface area contributed by atoms with E-state index < -0.39 is 0 Å². The molecule has 5 aromatic carbocycles. The van der Waals surface area contributed by atoms with Crippen LogP contribution in [0.1, 0.15) is 67.6 Å². The highest BCUT2D eigenvalue weighted by atomic mass is 16.5. The first-order chi connectivity index (χ1) is 23.7. The predicted octanol–water partition coefficient (Wildman–Crippen LogP) is 10.8. The summed E-state index contributed by atoms with van der Waals surface area (Å²) in [6.45, 7) is 9.87. The van der Waals surface area contributed by atoms with Gasteiger partial charge in [0.1, 0.15) is 12.4 Å². The second-order valence-electron chi connectivity index (χ2n) is 15.0. The zero-order valence-corrected chi connectivity index (χ0v) is 28.8. The summed E-state index contributed by atoms with van der Waals surface area (Å²) in [5, 5.41) is 10.2. The van der Waals surface area contributed by atoms with Gasteiger partial charge in [0.05, 0.1) is 17.6 Å². The van der Waals surface area contributed by atoms with Crippen molar-refractivity contribution in [3.05, 3.63) is 149 Å². The molecule has 4 heterocycles. The van der Waals surface area contributed by atoms with Gasteiger partial charge in [-0.05, 0) is 58.1 Å². The maximum Gasteiger partial charge on any atom is 0.143 e. The summed E-state index contributed by atoms with van der Waals surface area (Å²) >= 11 is 0. The smallest absolute Gasteiger partial charge is 0.143 e. The molecule has 5 heteroatoms. The van der Waals surface area contributed by atoms with Crippen LogP contribution in [0, 0.1) is 0 Å². The van der Waals surface area contributed by atoms with Gasteiger partial charge in [0.2, 0.25) is 0 Å². The van der Waals surface area contributed by atoms with Crippen LogP contribution in [0.15, 0.2) is 122 Å². The zero-order chi connectivity index (χ0) is 33.5. The number of aromatic nitrogens is 2. The van der Waals surface area contributed by atoms with E-state index in [0.29, 0.717) is 6.61 Å². The van der Waals surface area contributed by atoms with Crippen LogP contribution >= 0.6 is 0 Å². The van der Waals surface area contributed by atoms with E-state index >= 15 is 0 Å². The Bertz CT molecular complexity index is 2370. The number of H-pyrrole nitrogens is 1. The van der Waals surface area contributed by atoms with Crippen LogP contribution in [0.25, 0.3) is 32.9 Å². The number of aryl methyl sites for hydroxylation is 1. The number of hydrogen-bond donors (Lipinski definition) is 3. The van der Waals surface area contributed by atoms with Gasteiger partial charge in [-0.1, -0.05) is 107 Å². The highest BCUT2D eigenvalue weighted by Crippen LogP contribution is 2.52. The van der Waals surface area contributed by atoms with Gasteiger partial charge in [-0.25, -0.2) is 0 Å². The second-order valence-corrected chi connectivity index (χ2v) is 15.0. The molecule has 0 aliphatic carbocycles. The third kappa shape index (κ3) is 4.59. The summed E-state index contributed by atoms with van der Waals surface area (Å²) in [4.78, 5) is 3.54. The number of nitrogens with zero attached hydrogens (tertiary/aromatic N) is 1. The molecule has 0 bridgehead atoms. The van der Waals surface area contributed by atoms with Crippen molar-refractivity contribution in [2.75, 3.05) is 10.6 Å². The minimum Gasteiger partial charge on any atom is -0.487 e. The standard InChI is InChI=1S/C44H42N4O/c1-43(2)34-13-7-8-14-36(34)46-41(43)32-24-45-40-31(32)12-10-16-39(40)49-26-27-17-19-28(20-18-27)29-21-22-37-35(23-29)44(3,4)42(47-37)33-25-48(5)38-15-9-6-11-30(33)38/h6-25,41-42,45-47H,26H2,1-5H3. The van der Waals surface area contributed by atoms with Gasteiger partial charge in [0, 0.05) is 69.1 Å². The lowest BCUT2D eigenvalue weighted by Crippen LogP contribution is -2.25. The van der Waals surface area contributed by atoms with Crippen LogP contribution in [0.3, 0.4) is 0 Å². The molecule has 2 aliphatic heterocycles. The summed E-state index contributed by atoms with van der Waals surface area (Å²) in [5.41, 5.74) is 13.5. The van der Waals surface area contributed by atoms with Gasteiger partial charge < -0.3 is 24.9 Å². The second kappa shape index (κ2) is 10.8. The van der Waals surface area contributed by atoms with E-state index in [2.05, 4.69) is 177 Å². The van der Waals surface area contributed by atoms with Gasteiger partial charge in [-0.15, -0.1) is 0 Å². The van der Waals surface area contributed by atoms with E-state index in [0.717, 1.165) is 16.8 Å². The molecule has 2 unspecified atom stereocenters. The Hall–Kier alpha value is -5.42. The van der Waals surface area contributed by atoms with Crippen molar-refractivity contribution in [1.82, 2.24) is 9.55 Å². The highest BCUT2D eigenvalue weighted by molar-refractivity contribution is 5.90. The van der Waals surface area contributed by atoms with E-state index in [-0.39, 0.29) is 22.9 Å². The topological polar surface area (TPSA) is 54.0 Å². The van der Waals surface area contributed by atoms with Crippen molar-refractivity contribution < 1.29 is 4.74 Å². The molecule has 0 saturated heterocycles. The summed E-state index contributed by atoms with van der Waals surface area (Å²) in [7, 11) is 2.14. The first-order valence-electron chi connectivity index (χ1n) is 17.3. The van der Waals surface area contributed by atoms with E-state index in [9.17, 15) is 0 Å². The molecule has 0 fully saturated rings. The molecular weight excluding hydrogens is 601 g/mol. The lowest BCUT2D eigenvalue weighted by Gasteiger charge is -2.28. The molecule has 5 nitrogen and oxygen atoms in total. The molecular formula is C44H42N4O. The number of fused-ring (bicyclic) bond motifs is 4. The van der Waals surface area contributed by atoms with Crippen LogP contribution in [-0.2, 0) is 24.5 Å². The molecule has 244 valence electrons. The fourth-order valence-electron chi connectivity index (χ4n) is 8.53. The van der Waals surface area contributed by atoms with E-state index in [1.54, 1.807) is 0 Å². The number of nitrogens with one attached hydrogen (secondary N) is 3. The summed E-state index contributed by atoms with van der Waals surface area (Å²) < 4.78 is 8.69. The lowest BCUT2D eigenvalue weighted by atomic mass is 9.77. The molecule has 0 saturated carbocycles. The molecule has 49 heavy (non-hydrogen) atoms. The first-order valence-corrected chi connectivity index (χ1v) is 17.3. The molecule has 3 N–H and O–H groups in total. The van der Waals surface area contributed by atoms with Crippen LogP contribution in [0.2, 0.25) is 0 Å². The Labute approximate surface area is 288 Å². The minimum absolute atomic E-state index is 0.0338. The Kier molecular flexibility index (Phi) is 6.54. The molecule has 2 aliphatic rings. The van der Waals surface area contributed by atoms with Crippen molar-refractivity contribution in [1.29, 1.82) is 0 Å². The molecule has 9 rings (SSSR count). The van der Waals surface area contributed by atoms with Gasteiger partial charge in [0.15, 0.2) is 0 Å². The monoisotopic (exact) mass is 642 g/mol.